The zero-order chi connectivity index (χ0) is 26.9. The van der Waals surface area contributed by atoms with E-state index in [1.807, 2.05) is 6.07 Å². The molecule has 0 bridgehead atoms. The SMILES string of the molecule is COc1c2c(cc3c1C(c1nnnn1-c1ccc(C(=O)NN=Cc4ccc([O-])cc4)cc1)[NH+](C)CC3)OCO2. The highest BCUT2D eigenvalue weighted by atomic mass is 16.7. The van der Waals surface area contributed by atoms with Gasteiger partial charge in [-0.15, -0.1) is 10.8 Å². The van der Waals surface area contributed by atoms with Gasteiger partial charge in [0.05, 0.1) is 38.2 Å². The van der Waals surface area contributed by atoms with Crippen molar-refractivity contribution in [1.29, 1.82) is 0 Å². The third-order valence-electron chi connectivity index (χ3n) is 6.90. The van der Waals surface area contributed by atoms with E-state index in [0.717, 1.165) is 24.1 Å². The second-order valence-electron chi connectivity index (χ2n) is 9.26. The Morgan fingerprint density at radius 2 is 2.00 bits per heavy atom. The molecule has 0 aliphatic carbocycles. The fourth-order valence-corrected chi connectivity index (χ4v) is 4.97. The summed E-state index contributed by atoms with van der Waals surface area (Å²) in [5, 5.41) is 27.8. The molecule has 0 radical (unpaired) electrons. The van der Waals surface area contributed by atoms with E-state index in [1.54, 1.807) is 48.2 Å². The van der Waals surface area contributed by atoms with E-state index in [4.69, 9.17) is 14.2 Å². The molecule has 39 heavy (non-hydrogen) atoms. The number of methoxy groups -OCH3 is 1. The third-order valence-corrected chi connectivity index (χ3v) is 6.90. The van der Waals surface area contributed by atoms with Crippen LogP contribution in [0, 0.1) is 0 Å². The van der Waals surface area contributed by atoms with Crippen LogP contribution in [0.5, 0.6) is 23.0 Å². The Bertz CT molecular complexity index is 1550. The number of fused-ring (bicyclic) bond motifs is 2. The minimum absolute atomic E-state index is 0.0889. The standard InChI is InChI=1S/C27H25N7O5/c1-33-12-11-18-13-21-24(39-15-38-21)25(37-2)22(18)23(33)26-29-31-32-34(26)19-7-5-17(6-8-19)27(36)30-28-14-16-3-9-20(35)10-4-16/h3-10,13-14,23,35H,11-12,15H2,1-2H3,(H,30,36). The minimum Gasteiger partial charge on any atom is -0.872 e. The number of carbonyl (C=O) groups is 1. The first-order valence-electron chi connectivity index (χ1n) is 12.3. The van der Waals surface area contributed by atoms with Crippen molar-refractivity contribution in [2.45, 2.75) is 12.5 Å². The molecule has 12 heteroatoms. The second kappa shape index (κ2) is 10.1. The van der Waals surface area contributed by atoms with Gasteiger partial charge in [-0.05, 0) is 51.9 Å². The van der Waals surface area contributed by atoms with Crippen molar-refractivity contribution in [2.24, 2.45) is 5.10 Å². The van der Waals surface area contributed by atoms with Gasteiger partial charge in [0.25, 0.3) is 5.91 Å². The van der Waals surface area contributed by atoms with E-state index in [0.29, 0.717) is 39.9 Å². The van der Waals surface area contributed by atoms with Crippen LogP contribution in [0.3, 0.4) is 0 Å². The number of likely N-dealkylation sites (N-methyl/N-ethyl adjacent to an activating group) is 1. The molecule has 2 atom stereocenters. The van der Waals surface area contributed by atoms with Crippen molar-refractivity contribution >= 4 is 12.1 Å². The number of hydrogen-bond acceptors (Lipinski definition) is 9. The molecule has 2 unspecified atom stereocenters. The minimum atomic E-state index is -0.374. The zero-order valence-electron chi connectivity index (χ0n) is 21.2. The molecule has 1 aromatic heterocycles. The van der Waals surface area contributed by atoms with E-state index in [-0.39, 0.29) is 24.5 Å². The first-order chi connectivity index (χ1) is 19.0. The fourth-order valence-electron chi connectivity index (χ4n) is 4.97. The molecule has 2 aliphatic heterocycles. The molecule has 2 N–H and O–H groups in total. The number of rotatable bonds is 6. The molecule has 1 amide bonds. The molecule has 6 rings (SSSR count). The van der Waals surface area contributed by atoms with E-state index in [9.17, 15) is 9.90 Å². The Morgan fingerprint density at radius 3 is 2.77 bits per heavy atom. The molecule has 3 heterocycles. The second-order valence-corrected chi connectivity index (χ2v) is 9.26. The number of benzene rings is 3. The topological polar surface area (TPSA) is 140 Å². The quantitative estimate of drug-likeness (QED) is 0.271. The normalized spacial score (nSPS) is 17.7. The maximum atomic E-state index is 12.6. The van der Waals surface area contributed by atoms with E-state index >= 15 is 0 Å². The third kappa shape index (κ3) is 4.50. The van der Waals surface area contributed by atoms with Crippen LogP contribution in [-0.4, -0.2) is 59.8 Å². The molecule has 0 spiro atoms. The first-order valence-corrected chi connectivity index (χ1v) is 12.3. The Morgan fingerprint density at radius 1 is 1.21 bits per heavy atom. The number of hydrazone groups is 1. The summed E-state index contributed by atoms with van der Waals surface area (Å²) in [5.41, 5.74) is 6.40. The number of carbonyl (C=O) groups excluding carboxylic acids is 1. The average Bonchev–Trinajstić information content (AvgIpc) is 3.63. The number of tetrazole rings is 1. The van der Waals surface area contributed by atoms with Gasteiger partial charge >= 0.3 is 0 Å². The van der Waals surface area contributed by atoms with Crippen LogP contribution in [0.25, 0.3) is 5.69 Å². The monoisotopic (exact) mass is 527 g/mol. The van der Waals surface area contributed by atoms with Crippen molar-refractivity contribution in [1.82, 2.24) is 25.6 Å². The molecular weight excluding hydrogens is 502 g/mol. The number of ether oxygens (including phenoxy) is 3. The molecule has 3 aromatic carbocycles. The molecule has 0 saturated heterocycles. The summed E-state index contributed by atoms with van der Waals surface area (Å²) in [4.78, 5) is 13.8. The molecule has 12 nitrogen and oxygen atoms in total. The summed E-state index contributed by atoms with van der Waals surface area (Å²) >= 11 is 0. The van der Waals surface area contributed by atoms with Crippen LogP contribution in [0.15, 0.2) is 59.7 Å². The van der Waals surface area contributed by atoms with Crippen LogP contribution >= 0.6 is 0 Å². The van der Waals surface area contributed by atoms with Gasteiger partial charge in [-0.1, -0.05) is 24.3 Å². The average molecular weight is 528 g/mol. The van der Waals surface area contributed by atoms with Gasteiger partial charge < -0.3 is 24.2 Å². The lowest BCUT2D eigenvalue weighted by atomic mass is 9.90. The Labute approximate surface area is 223 Å². The molecule has 4 aromatic rings. The maximum Gasteiger partial charge on any atom is 0.271 e. The lowest BCUT2D eigenvalue weighted by Crippen LogP contribution is -3.10. The zero-order valence-corrected chi connectivity index (χ0v) is 21.2. The van der Waals surface area contributed by atoms with Gasteiger partial charge in [-0.3, -0.25) is 4.79 Å². The number of nitrogens with zero attached hydrogens (tertiary/aromatic N) is 5. The van der Waals surface area contributed by atoms with E-state index in [2.05, 4.69) is 33.1 Å². The van der Waals surface area contributed by atoms with Crippen LogP contribution in [0.4, 0.5) is 0 Å². The van der Waals surface area contributed by atoms with Gasteiger partial charge in [0.2, 0.25) is 18.4 Å². The predicted octanol–water partition coefficient (Wildman–Crippen LogP) is 0.397. The lowest BCUT2D eigenvalue weighted by Gasteiger charge is -2.32. The number of nitrogens with one attached hydrogen (secondary N) is 2. The van der Waals surface area contributed by atoms with Crippen molar-refractivity contribution < 1.29 is 29.0 Å². The highest BCUT2D eigenvalue weighted by Gasteiger charge is 2.40. The Kier molecular flexibility index (Phi) is 6.29. The summed E-state index contributed by atoms with van der Waals surface area (Å²) in [7, 11) is 3.72. The van der Waals surface area contributed by atoms with Gasteiger partial charge in [0.15, 0.2) is 17.5 Å². The van der Waals surface area contributed by atoms with Crippen molar-refractivity contribution in [3.8, 4) is 28.7 Å². The lowest BCUT2D eigenvalue weighted by molar-refractivity contribution is -0.909. The summed E-state index contributed by atoms with van der Waals surface area (Å²) in [6.45, 7) is 1.02. The number of hydrogen-bond donors (Lipinski definition) is 2. The first kappa shape index (κ1) is 24.4. The maximum absolute atomic E-state index is 12.6. The Balaban J connectivity index is 1.26. The molecular formula is C27H25N7O5. The smallest absolute Gasteiger partial charge is 0.271 e. The largest absolute Gasteiger partial charge is 0.872 e. The predicted molar refractivity (Wildman–Crippen MR) is 137 cm³/mol. The van der Waals surface area contributed by atoms with Gasteiger partial charge in [-0.2, -0.15) is 9.78 Å². The molecule has 0 saturated carbocycles. The number of amides is 1. The van der Waals surface area contributed by atoms with Crippen molar-refractivity contribution in [2.75, 3.05) is 27.5 Å². The summed E-state index contributed by atoms with van der Waals surface area (Å²) in [6.07, 6.45) is 2.32. The molecule has 2 aliphatic rings. The fraction of sp³-hybridized carbons (Fsp3) is 0.222. The summed E-state index contributed by atoms with van der Waals surface area (Å²) in [6, 6.07) is 14.8. The molecule has 0 fully saturated rings. The van der Waals surface area contributed by atoms with E-state index < -0.39 is 0 Å². The van der Waals surface area contributed by atoms with Gasteiger partial charge in [-0.25, -0.2) is 5.43 Å². The van der Waals surface area contributed by atoms with Gasteiger partial charge in [0.1, 0.15) is 0 Å². The number of quaternary nitrogens is 1. The molecule has 198 valence electrons. The van der Waals surface area contributed by atoms with Crippen LogP contribution in [0.1, 0.15) is 38.9 Å². The Hall–Kier alpha value is -4.97. The highest BCUT2D eigenvalue weighted by molar-refractivity contribution is 5.95. The van der Waals surface area contributed by atoms with Crippen LogP contribution < -0.4 is 29.6 Å². The summed E-state index contributed by atoms with van der Waals surface area (Å²) in [5.74, 6) is 2.08. The summed E-state index contributed by atoms with van der Waals surface area (Å²) < 4.78 is 18.8. The van der Waals surface area contributed by atoms with Crippen molar-refractivity contribution in [3.63, 3.8) is 0 Å². The number of aromatic nitrogens is 4. The van der Waals surface area contributed by atoms with Crippen LogP contribution in [0.2, 0.25) is 0 Å². The van der Waals surface area contributed by atoms with Gasteiger partial charge in [0, 0.05) is 12.0 Å². The van der Waals surface area contributed by atoms with Crippen molar-refractivity contribution in [3.05, 3.63) is 82.7 Å². The van der Waals surface area contributed by atoms with E-state index in [1.165, 1.54) is 23.2 Å². The highest BCUT2D eigenvalue weighted by Crippen LogP contribution is 2.48. The van der Waals surface area contributed by atoms with Crippen LogP contribution in [-0.2, 0) is 6.42 Å².